The van der Waals surface area contributed by atoms with E-state index in [-0.39, 0.29) is 23.0 Å². The Labute approximate surface area is 172 Å². The first kappa shape index (κ1) is 20.8. The molecule has 0 aromatic heterocycles. The van der Waals surface area contributed by atoms with Crippen molar-refractivity contribution in [2.45, 2.75) is 25.3 Å². The zero-order valence-electron chi connectivity index (χ0n) is 15.6. The number of carbonyl (C=O) groups is 1. The van der Waals surface area contributed by atoms with Crippen molar-refractivity contribution in [3.05, 3.63) is 75.6 Å². The van der Waals surface area contributed by atoms with Crippen molar-refractivity contribution in [3.63, 3.8) is 0 Å². The minimum absolute atomic E-state index is 0.00885. The molecule has 1 fully saturated rings. The summed E-state index contributed by atoms with van der Waals surface area (Å²) in [6.45, 7) is 1.35. The minimum Gasteiger partial charge on any atom is -0.396 e. The van der Waals surface area contributed by atoms with Gasteiger partial charge >= 0.3 is 0 Å². The first-order chi connectivity index (χ1) is 13.7. The van der Waals surface area contributed by atoms with Gasteiger partial charge in [0.15, 0.2) is 5.11 Å². The van der Waals surface area contributed by atoms with E-state index >= 15 is 0 Å². The molecule has 1 aliphatic rings. The molecule has 3 N–H and O–H groups in total. The zero-order valence-corrected chi connectivity index (χ0v) is 16.5. The summed E-state index contributed by atoms with van der Waals surface area (Å²) in [5, 5.41) is 26.6. The number of thiocarbonyl (C=S) groups is 1. The van der Waals surface area contributed by atoms with Crippen molar-refractivity contribution < 1.29 is 19.2 Å². The molecule has 1 amide bonds. The van der Waals surface area contributed by atoms with Crippen LogP contribution in [0.4, 0.5) is 10.1 Å². The maximum atomic E-state index is 14.7. The second-order valence-corrected chi connectivity index (χ2v) is 7.67. The summed E-state index contributed by atoms with van der Waals surface area (Å²) in [6.07, 6.45) is 1.15. The van der Waals surface area contributed by atoms with Crippen LogP contribution in [0.25, 0.3) is 0 Å². The number of benzene rings is 2. The van der Waals surface area contributed by atoms with Gasteiger partial charge in [0.2, 0.25) is 0 Å². The fourth-order valence-electron chi connectivity index (χ4n) is 3.49. The molecule has 29 heavy (non-hydrogen) atoms. The number of nitro benzene ring substituents is 1. The number of hydrogen-bond donors (Lipinski definition) is 3. The van der Waals surface area contributed by atoms with Crippen LogP contribution in [0.15, 0.2) is 48.5 Å². The van der Waals surface area contributed by atoms with Crippen LogP contribution in [0.5, 0.6) is 0 Å². The lowest BCUT2D eigenvalue weighted by atomic mass is 9.76. The van der Waals surface area contributed by atoms with E-state index in [0.29, 0.717) is 18.4 Å². The first-order valence-corrected chi connectivity index (χ1v) is 9.37. The van der Waals surface area contributed by atoms with E-state index in [4.69, 9.17) is 12.2 Å². The van der Waals surface area contributed by atoms with E-state index < -0.39 is 27.6 Å². The molecule has 3 rings (SSSR count). The molecule has 9 heteroatoms. The number of amides is 1. The molecule has 1 aliphatic carbocycles. The SMILES string of the molecule is C[C@@](NC(=S)NC(=O)c1ccccc1)(c1cc([N+](=O)[O-])ccc1F)C1(CO)CC1. The minimum atomic E-state index is -1.26. The fourth-order valence-corrected chi connectivity index (χ4v) is 3.78. The van der Waals surface area contributed by atoms with E-state index in [9.17, 15) is 24.4 Å². The Hall–Kier alpha value is -2.91. The molecule has 152 valence electrons. The molecular formula is C20H20FN3O4S. The predicted octanol–water partition coefficient (Wildman–Crippen LogP) is 3.03. The van der Waals surface area contributed by atoms with Crippen molar-refractivity contribution in [2.24, 2.45) is 5.41 Å². The molecule has 0 saturated heterocycles. The van der Waals surface area contributed by atoms with Crippen molar-refractivity contribution in [2.75, 3.05) is 6.61 Å². The van der Waals surface area contributed by atoms with E-state index in [0.717, 1.165) is 18.2 Å². The van der Waals surface area contributed by atoms with Crippen LogP contribution in [0.1, 0.15) is 35.7 Å². The van der Waals surface area contributed by atoms with Gasteiger partial charge in [-0.3, -0.25) is 20.2 Å². The molecule has 0 radical (unpaired) electrons. The molecule has 2 aromatic rings. The molecule has 0 heterocycles. The summed E-state index contributed by atoms with van der Waals surface area (Å²) < 4.78 is 14.7. The number of nitrogens with zero attached hydrogens (tertiary/aromatic N) is 1. The molecule has 0 spiro atoms. The third-order valence-electron chi connectivity index (χ3n) is 5.54. The second-order valence-electron chi connectivity index (χ2n) is 7.26. The molecule has 0 bridgehead atoms. The van der Waals surface area contributed by atoms with Crippen LogP contribution < -0.4 is 10.6 Å². The lowest BCUT2D eigenvalue weighted by Gasteiger charge is -2.39. The van der Waals surface area contributed by atoms with Crippen molar-refractivity contribution in [1.82, 2.24) is 10.6 Å². The number of non-ortho nitro benzene ring substituents is 1. The Balaban J connectivity index is 1.92. The lowest BCUT2D eigenvalue weighted by Crippen LogP contribution is -2.55. The number of rotatable bonds is 6. The predicted molar refractivity (Wildman–Crippen MR) is 109 cm³/mol. The largest absolute Gasteiger partial charge is 0.396 e. The van der Waals surface area contributed by atoms with Crippen LogP contribution in [0.3, 0.4) is 0 Å². The van der Waals surface area contributed by atoms with E-state index in [1.807, 2.05) is 0 Å². The molecule has 7 nitrogen and oxygen atoms in total. The monoisotopic (exact) mass is 417 g/mol. The number of halogens is 1. The van der Waals surface area contributed by atoms with Crippen molar-refractivity contribution in [1.29, 1.82) is 0 Å². The third-order valence-corrected chi connectivity index (χ3v) is 5.75. The Kier molecular flexibility index (Phi) is 5.63. The summed E-state index contributed by atoms with van der Waals surface area (Å²) >= 11 is 5.27. The topological polar surface area (TPSA) is 104 Å². The molecule has 0 unspecified atom stereocenters. The van der Waals surface area contributed by atoms with Gasteiger partial charge in [0, 0.05) is 28.7 Å². The van der Waals surface area contributed by atoms with Crippen molar-refractivity contribution >= 4 is 28.9 Å². The van der Waals surface area contributed by atoms with E-state index in [2.05, 4.69) is 10.6 Å². The number of nitrogens with one attached hydrogen (secondary N) is 2. The van der Waals surface area contributed by atoms with Crippen molar-refractivity contribution in [3.8, 4) is 0 Å². The van der Waals surface area contributed by atoms with Gasteiger partial charge in [-0.1, -0.05) is 18.2 Å². The fraction of sp³-hybridized carbons (Fsp3) is 0.300. The number of hydrogen-bond acceptors (Lipinski definition) is 5. The van der Waals surface area contributed by atoms with Gasteiger partial charge in [0.25, 0.3) is 11.6 Å². The molecular weight excluding hydrogens is 397 g/mol. The Bertz CT molecular complexity index is 965. The average Bonchev–Trinajstić information content (AvgIpc) is 3.50. The highest BCUT2D eigenvalue weighted by Gasteiger charge is 2.58. The van der Waals surface area contributed by atoms with E-state index in [1.54, 1.807) is 37.3 Å². The maximum Gasteiger partial charge on any atom is 0.269 e. The van der Waals surface area contributed by atoms with Crippen LogP contribution in [-0.4, -0.2) is 27.7 Å². The highest BCUT2D eigenvalue weighted by atomic mass is 32.1. The maximum absolute atomic E-state index is 14.7. The first-order valence-electron chi connectivity index (χ1n) is 8.96. The van der Waals surface area contributed by atoms with Gasteiger partial charge in [0.1, 0.15) is 5.82 Å². The summed E-state index contributed by atoms with van der Waals surface area (Å²) in [6, 6.07) is 11.7. The van der Waals surface area contributed by atoms with Gasteiger partial charge in [-0.05, 0) is 50.2 Å². The normalized spacial score (nSPS) is 16.4. The van der Waals surface area contributed by atoms with Gasteiger partial charge in [-0.2, -0.15) is 0 Å². The van der Waals surface area contributed by atoms with Crippen LogP contribution in [0, 0.1) is 21.3 Å². The standard InChI is InChI=1S/C20H20FN3O4S/c1-19(20(12-25)9-10-20,15-11-14(24(27)28)7-8-16(15)21)23-18(29)22-17(26)13-5-3-2-4-6-13/h2-8,11,25H,9-10,12H2,1H3,(H2,22,23,26,29)/t19-/m1/s1. The number of nitro groups is 1. The molecule has 1 saturated carbocycles. The Morgan fingerprint density at radius 1 is 1.31 bits per heavy atom. The third kappa shape index (κ3) is 3.96. The van der Waals surface area contributed by atoms with Crippen LogP contribution in [0.2, 0.25) is 0 Å². The van der Waals surface area contributed by atoms with Gasteiger partial charge < -0.3 is 10.4 Å². The number of aliphatic hydroxyl groups is 1. The van der Waals surface area contributed by atoms with E-state index in [1.165, 1.54) is 0 Å². The second kappa shape index (κ2) is 7.84. The van der Waals surface area contributed by atoms with Gasteiger partial charge in [-0.15, -0.1) is 0 Å². The van der Waals surface area contributed by atoms with Crippen LogP contribution >= 0.6 is 12.2 Å². The number of carbonyl (C=O) groups excluding carboxylic acids is 1. The molecule has 2 aromatic carbocycles. The Morgan fingerprint density at radius 3 is 2.52 bits per heavy atom. The molecule has 0 aliphatic heterocycles. The smallest absolute Gasteiger partial charge is 0.269 e. The van der Waals surface area contributed by atoms with Gasteiger partial charge in [0.05, 0.1) is 17.1 Å². The number of aliphatic hydroxyl groups excluding tert-OH is 1. The summed E-state index contributed by atoms with van der Waals surface area (Å²) in [5.74, 6) is -1.11. The summed E-state index contributed by atoms with van der Waals surface area (Å²) in [5.41, 5.74) is -1.90. The highest BCUT2D eigenvalue weighted by molar-refractivity contribution is 7.80. The van der Waals surface area contributed by atoms with Crippen LogP contribution in [-0.2, 0) is 5.54 Å². The highest BCUT2D eigenvalue weighted by Crippen LogP contribution is 2.58. The average molecular weight is 417 g/mol. The molecule has 1 atom stereocenters. The quantitative estimate of drug-likeness (QED) is 0.379. The zero-order chi connectivity index (χ0) is 21.2. The Morgan fingerprint density at radius 2 is 1.97 bits per heavy atom. The lowest BCUT2D eigenvalue weighted by molar-refractivity contribution is -0.385. The summed E-state index contributed by atoms with van der Waals surface area (Å²) in [4.78, 5) is 22.9. The van der Waals surface area contributed by atoms with Gasteiger partial charge in [-0.25, -0.2) is 4.39 Å². The summed E-state index contributed by atoms with van der Waals surface area (Å²) in [7, 11) is 0.